The molecule has 1 heterocycles. The minimum Gasteiger partial charge on any atom is -0.495 e. The molecular formula is C22H28N4O6S. The number of sulfonamides is 1. The molecule has 10 nitrogen and oxygen atoms in total. The average Bonchev–Trinajstić information content (AvgIpc) is 3.26. The number of nitro benzene ring substituents is 1. The van der Waals surface area contributed by atoms with Crippen LogP contribution in [0.5, 0.6) is 5.75 Å². The van der Waals surface area contributed by atoms with Gasteiger partial charge in [-0.1, -0.05) is 0 Å². The van der Waals surface area contributed by atoms with Gasteiger partial charge in [-0.3, -0.25) is 19.6 Å². The Kier molecular flexibility index (Phi) is 7.54. The number of likely N-dealkylation sites (tertiary alicyclic amines) is 1. The number of nitrogens with zero attached hydrogens (tertiary/aromatic N) is 2. The second kappa shape index (κ2) is 10.2. The van der Waals surface area contributed by atoms with E-state index in [1.807, 2.05) is 0 Å². The highest BCUT2D eigenvalue weighted by atomic mass is 32.2. The van der Waals surface area contributed by atoms with Crippen molar-refractivity contribution in [2.24, 2.45) is 5.92 Å². The highest BCUT2D eigenvalue weighted by molar-refractivity contribution is 7.92. The summed E-state index contributed by atoms with van der Waals surface area (Å²) in [5.41, 5.74) is 0.0143. The molecule has 1 amide bonds. The molecule has 1 aliphatic rings. The third-order valence-corrected chi connectivity index (χ3v) is 7.05. The van der Waals surface area contributed by atoms with E-state index in [2.05, 4.69) is 28.8 Å². The van der Waals surface area contributed by atoms with Crippen LogP contribution in [0.15, 0.2) is 47.4 Å². The number of anilines is 1. The van der Waals surface area contributed by atoms with Crippen LogP contribution in [-0.4, -0.2) is 56.9 Å². The first-order valence-corrected chi connectivity index (χ1v) is 12.1. The Balaban J connectivity index is 1.66. The third-order valence-electron chi connectivity index (χ3n) is 5.66. The van der Waals surface area contributed by atoms with Crippen molar-refractivity contribution in [3.63, 3.8) is 0 Å². The number of benzene rings is 2. The van der Waals surface area contributed by atoms with Gasteiger partial charge in [-0.25, -0.2) is 8.42 Å². The molecule has 1 unspecified atom stereocenters. The highest BCUT2D eigenvalue weighted by Crippen LogP contribution is 2.31. The number of hydrogen-bond acceptors (Lipinski definition) is 7. The molecule has 2 N–H and O–H groups in total. The van der Waals surface area contributed by atoms with E-state index in [1.165, 1.54) is 43.5 Å². The van der Waals surface area contributed by atoms with Gasteiger partial charge in [-0.2, -0.15) is 0 Å². The van der Waals surface area contributed by atoms with Gasteiger partial charge in [0, 0.05) is 36.8 Å². The van der Waals surface area contributed by atoms with Gasteiger partial charge in [0.05, 0.1) is 22.6 Å². The summed E-state index contributed by atoms with van der Waals surface area (Å²) in [4.78, 5) is 25.2. The lowest BCUT2D eigenvalue weighted by Gasteiger charge is -2.20. The summed E-state index contributed by atoms with van der Waals surface area (Å²) in [6.07, 6.45) is 1.03. The molecule has 1 saturated heterocycles. The molecule has 0 spiro atoms. The standard InChI is InChI=1S/C22H28N4O6S/c1-15(2)25-11-10-16(14-25)13-23-22(27)17-4-7-19(8-5-17)33(30,31)24-20-12-18(26(28)29)6-9-21(20)32-3/h4-9,12,15-16,24H,10-11,13-14H2,1-3H3,(H,23,27). The number of non-ortho nitro benzene ring substituents is 1. The van der Waals surface area contributed by atoms with Gasteiger partial charge in [0.2, 0.25) is 0 Å². The predicted molar refractivity (Wildman–Crippen MR) is 124 cm³/mol. The van der Waals surface area contributed by atoms with Crippen LogP contribution in [0.25, 0.3) is 0 Å². The summed E-state index contributed by atoms with van der Waals surface area (Å²) in [5.74, 6) is 0.267. The lowest BCUT2D eigenvalue weighted by Crippen LogP contribution is -2.33. The smallest absolute Gasteiger partial charge is 0.271 e. The topological polar surface area (TPSA) is 131 Å². The molecule has 0 saturated carbocycles. The Morgan fingerprint density at radius 1 is 1.24 bits per heavy atom. The number of rotatable bonds is 9. The van der Waals surface area contributed by atoms with E-state index in [4.69, 9.17) is 4.74 Å². The third kappa shape index (κ3) is 5.99. The summed E-state index contributed by atoms with van der Waals surface area (Å²) >= 11 is 0. The van der Waals surface area contributed by atoms with Crippen LogP contribution < -0.4 is 14.8 Å². The summed E-state index contributed by atoms with van der Waals surface area (Å²) in [7, 11) is -2.73. The monoisotopic (exact) mass is 476 g/mol. The highest BCUT2D eigenvalue weighted by Gasteiger charge is 2.25. The van der Waals surface area contributed by atoms with Gasteiger partial charge in [0.25, 0.3) is 21.6 Å². The molecule has 2 aromatic rings. The van der Waals surface area contributed by atoms with Crippen molar-refractivity contribution < 1.29 is 22.9 Å². The van der Waals surface area contributed by atoms with Gasteiger partial charge in [-0.05, 0) is 63.1 Å². The van der Waals surface area contributed by atoms with E-state index in [9.17, 15) is 23.3 Å². The van der Waals surface area contributed by atoms with Crippen LogP contribution in [0.2, 0.25) is 0 Å². The summed E-state index contributed by atoms with van der Waals surface area (Å²) in [5, 5.41) is 13.9. The number of nitrogens with one attached hydrogen (secondary N) is 2. The molecule has 0 aliphatic carbocycles. The summed E-state index contributed by atoms with van der Waals surface area (Å²) < 4.78 is 33.0. The maximum atomic E-state index is 12.8. The normalized spacial score (nSPS) is 16.5. The minimum absolute atomic E-state index is 0.0551. The van der Waals surface area contributed by atoms with Crippen LogP contribution in [0.1, 0.15) is 30.6 Å². The quantitative estimate of drug-likeness (QED) is 0.420. The van der Waals surface area contributed by atoms with Gasteiger partial charge in [-0.15, -0.1) is 0 Å². The molecule has 178 valence electrons. The molecule has 1 aliphatic heterocycles. The Hall–Kier alpha value is -3.18. The number of carbonyl (C=O) groups excluding carboxylic acids is 1. The zero-order chi connectivity index (χ0) is 24.2. The second-order valence-corrected chi connectivity index (χ2v) is 9.91. The first-order valence-electron chi connectivity index (χ1n) is 10.6. The molecule has 1 atom stereocenters. The van der Waals surface area contributed by atoms with E-state index >= 15 is 0 Å². The number of ether oxygens (including phenoxy) is 1. The summed E-state index contributed by atoms with van der Waals surface area (Å²) in [6, 6.07) is 9.60. The largest absolute Gasteiger partial charge is 0.495 e. The van der Waals surface area contributed by atoms with Crippen molar-refractivity contribution in [3.05, 3.63) is 58.1 Å². The molecule has 11 heteroatoms. The first-order chi connectivity index (χ1) is 15.6. The van der Waals surface area contributed by atoms with Crippen molar-refractivity contribution in [2.45, 2.75) is 31.2 Å². The summed E-state index contributed by atoms with van der Waals surface area (Å²) in [6.45, 7) is 6.84. The number of carbonyl (C=O) groups is 1. The molecule has 0 aromatic heterocycles. The fourth-order valence-electron chi connectivity index (χ4n) is 3.72. The van der Waals surface area contributed by atoms with Gasteiger partial charge < -0.3 is 15.0 Å². The van der Waals surface area contributed by atoms with Crippen molar-refractivity contribution in [1.82, 2.24) is 10.2 Å². The lowest BCUT2D eigenvalue weighted by atomic mass is 10.1. The molecule has 0 radical (unpaired) electrons. The Morgan fingerprint density at radius 2 is 1.94 bits per heavy atom. The predicted octanol–water partition coefficient (Wildman–Crippen LogP) is 2.86. The molecule has 1 fully saturated rings. The fourth-order valence-corrected chi connectivity index (χ4v) is 4.78. The fraction of sp³-hybridized carbons (Fsp3) is 0.409. The maximum absolute atomic E-state index is 12.8. The van der Waals surface area contributed by atoms with Crippen LogP contribution in [0.3, 0.4) is 0 Å². The van der Waals surface area contributed by atoms with E-state index in [0.29, 0.717) is 24.1 Å². The van der Waals surface area contributed by atoms with E-state index in [1.54, 1.807) is 0 Å². The van der Waals surface area contributed by atoms with Crippen LogP contribution >= 0.6 is 0 Å². The van der Waals surface area contributed by atoms with Gasteiger partial charge >= 0.3 is 0 Å². The number of hydrogen-bond donors (Lipinski definition) is 2. The average molecular weight is 477 g/mol. The molecular weight excluding hydrogens is 448 g/mol. The van der Waals surface area contributed by atoms with Crippen LogP contribution in [-0.2, 0) is 10.0 Å². The second-order valence-electron chi connectivity index (χ2n) is 8.22. The zero-order valence-corrected chi connectivity index (χ0v) is 19.6. The van der Waals surface area contributed by atoms with Crippen molar-refractivity contribution in [2.75, 3.05) is 31.5 Å². The van der Waals surface area contributed by atoms with Gasteiger partial charge in [0.1, 0.15) is 5.75 Å². The molecule has 33 heavy (non-hydrogen) atoms. The Morgan fingerprint density at radius 3 is 2.52 bits per heavy atom. The van der Waals surface area contributed by atoms with Gasteiger partial charge in [0.15, 0.2) is 0 Å². The van der Waals surface area contributed by atoms with Crippen molar-refractivity contribution in [3.8, 4) is 5.75 Å². The van der Waals surface area contributed by atoms with Crippen LogP contribution in [0.4, 0.5) is 11.4 Å². The molecule has 0 bridgehead atoms. The Labute approximate surface area is 193 Å². The zero-order valence-electron chi connectivity index (χ0n) is 18.8. The number of nitro groups is 1. The maximum Gasteiger partial charge on any atom is 0.271 e. The number of amides is 1. The van der Waals surface area contributed by atoms with E-state index in [0.717, 1.165) is 25.6 Å². The van der Waals surface area contributed by atoms with Crippen molar-refractivity contribution >= 4 is 27.3 Å². The number of methoxy groups -OCH3 is 1. The first kappa shape index (κ1) is 24.5. The lowest BCUT2D eigenvalue weighted by molar-refractivity contribution is -0.384. The van der Waals surface area contributed by atoms with E-state index in [-0.39, 0.29) is 27.9 Å². The molecule has 3 rings (SSSR count). The Bertz CT molecular complexity index is 1120. The minimum atomic E-state index is -4.06. The van der Waals surface area contributed by atoms with Crippen LogP contribution in [0, 0.1) is 16.0 Å². The van der Waals surface area contributed by atoms with Crippen molar-refractivity contribution in [1.29, 1.82) is 0 Å². The SMILES string of the molecule is COc1ccc([N+](=O)[O-])cc1NS(=O)(=O)c1ccc(C(=O)NCC2CCN(C(C)C)C2)cc1. The van der Waals surface area contributed by atoms with E-state index < -0.39 is 14.9 Å². The molecule has 2 aromatic carbocycles.